The Balaban J connectivity index is 2.31. The van der Waals surface area contributed by atoms with E-state index in [1.807, 2.05) is 0 Å². The van der Waals surface area contributed by atoms with Crippen molar-refractivity contribution in [3.8, 4) is 0 Å². The third-order valence-electron chi connectivity index (χ3n) is 4.81. The van der Waals surface area contributed by atoms with Crippen molar-refractivity contribution in [2.75, 3.05) is 0 Å². The van der Waals surface area contributed by atoms with Crippen molar-refractivity contribution in [2.24, 2.45) is 23.5 Å². The molecular formula is C17H25ClFN. The fourth-order valence-corrected chi connectivity index (χ4v) is 4.11. The third kappa shape index (κ3) is 3.17. The average Bonchev–Trinajstić information content (AvgIpc) is 2.33. The Morgan fingerprint density at radius 3 is 2.70 bits per heavy atom. The van der Waals surface area contributed by atoms with Gasteiger partial charge in [-0.15, -0.1) is 0 Å². The molecule has 0 amide bonds. The normalized spacial score (nSPS) is 30.8. The van der Waals surface area contributed by atoms with Crippen molar-refractivity contribution in [3.05, 3.63) is 34.6 Å². The zero-order chi connectivity index (χ0) is 14.9. The van der Waals surface area contributed by atoms with E-state index >= 15 is 0 Å². The summed E-state index contributed by atoms with van der Waals surface area (Å²) in [7, 11) is 0. The molecule has 0 aliphatic heterocycles. The molecule has 1 aromatic carbocycles. The van der Waals surface area contributed by atoms with E-state index in [1.165, 1.54) is 12.5 Å². The summed E-state index contributed by atoms with van der Waals surface area (Å²) in [5, 5.41) is 0.496. The van der Waals surface area contributed by atoms with Crippen LogP contribution in [0.4, 0.5) is 4.39 Å². The summed E-state index contributed by atoms with van der Waals surface area (Å²) in [6.45, 7) is 6.66. The topological polar surface area (TPSA) is 26.0 Å². The fraction of sp³-hybridized carbons (Fsp3) is 0.647. The lowest BCUT2D eigenvalue weighted by Gasteiger charge is -2.46. The first-order valence-electron chi connectivity index (χ1n) is 7.55. The van der Waals surface area contributed by atoms with Crippen LogP contribution in [0.5, 0.6) is 0 Å². The molecule has 1 aromatic rings. The lowest BCUT2D eigenvalue weighted by Crippen LogP contribution is -2.54. The molecule has 3 atom stereocenters. The largest absolute Gasteiger partial charge is 0.325 e. The summed E-state index contributed by atoms with van der Waals surface area (Å²) in [6, 6.07) is 4.87. The standard InChI is InChI=1S/C17H25ClFN/c1-11(2)14-8-7-12(3)9-17(14,20)10-13-15(18)5-4-6-16(13)19/h4-6,11-12,14H,7-10,20H2,1-3H3. The van der Waals surface area contributed by atoms with Crippen LogP contribution in [0.1, 0.15) is 45.6 Å². The van der Waals surface area contributed by atoms with Gasteiger partial charge >= 0.3 is 0 Å². The second-order valence-corrected chi connectivity index (χ2v) is 7.25. The molecule has 20 heavy (non-hydrogen) atoms. The average molecular weight is 298 g/mol. The van der Waals surface area contributed by atoms with Gasteiger partial charge in [0.15, 0.2) is 0 Å². The highest BCUT2D eigenvalue weighted by Crippen LogP contribution is 2.42. The predicted octanol–water partition coefficient (Wildman–Crippen LogP) is 4.81. The molecular weight excluding hydrogens is 273 g/mol. The number of nitrogens with two attached hydrogens (primary N) is 1. The van der Waals surface area contributed by atoms with Gasteiger partial charge in [-0.3, -0.25) is 0 Å². The van der Waals surface area contributed by atoms with E-state index in [0.717, 1.165) is 12.8 Å². The number of benzene rings is 1. The summed E-state index contributed by atoms with van der Waals surface area (Å²) in [4.78, 5) is 0. The number of rotatable bonds is 3. The molecule has 1 nitrogen and oxygen atoms in total. The van der Waals surface area contributed by atoms with E-state index in [-0.39, 0.29) is 11.4 Å². The minimum atomic E-state index is -0.350. The molecule has 1 saturated carbocycles. The first-order valence-corrected chi connectivity index (χ1v) is 7.93. The van der Waals surface area contributed by atoms with Gasteiger partial charge in [-0.25, -0.2) is 4.39 Å². The van der Waals surface area contributed by atoms with Crippen molar-refractivity contribution in [2.45, 2.75) is 52.0 Å². The van der Waals surface area contributed by atoms with Gasteiger partial charge in [0.25, 0.3) is 0 Å². The van der Waals surface area contributed by atoms with Crippen LogP contribution in [0.3, 0.4) is 0 Å². The minimum absolute atomic E-state index is 0.233. The summed E-state index contributed by atoms with van der Waals surface area (Å²) in [6.07, 6.45) is 3.82. The molecule has 3 unspecified atom stereocenters. The van der Waals surface area contributed by atoms with Crippen molar-refractivity contribution in [3.63, 3.8) is 0 Å². The molecule has 0 saturated heterocycles. The van der Waals surface area contributed by atoms with Gasteiger partial charge in [0, 0.05) is 16.1 Å². The summed E-state index contributed by atoms with van der Waals surface area (Å²) in [5.74, 6) is 1.30. The van der Waals surface area contributed by atoms with E-state index in [9.17, 15) is 4.39 Å². The molecule has 0 heterocycles. The Kier molecular flexibility index (Phi) is 4.76. The van der Waals surface area contributed by atoms with Crippen LogP contribution in [0.25, 0.3) is 0 Å². The Hall–Kier alpha value is -0.600. The van der Waals surface area contributed by atoms with Crippen LogP contribution in [0.2, 0.25) is 5.02 Å². The van der Waals surface area contributed by atoms with E-state index in [0.29, 0.717) is 34.8 Å². The van der Waals surface area contributed by atoms with Crippen molar-refractivity contribution < 1.29 is 4.39 Å². The molecule has 112 valence electrons. The Morgan fingerprint density at radius 1 is 1.40 bits per heavy atom. The molecule has 0 aromatic heterocycles. The van der Waals surface area contributed by atoms with Crippen LogP contribution in [-0.2, 0) is 6.42 Å². The lowest BCUT2D eigenvalue weighted by atomic mass is 9.63. The highest BCUT2D eigenvalue weighted by atomic mass is 35.5. The van der Waals surface area contributed by atoms with Gasteiger partial charge in [-0.05, 0) is 49.1 Å². The van der Waals surface area contributed by atoms with Gasteiger partial charge in [-0.2, -0.15) is 0 Å². The molecule has 2 N–H and O–H groups in total. The Morgan fingerprint density at radius 2 is 2.10 bits per heavy atom. The first kappa shape index (κ1) is 15.8. The zero-order valence-electron chi connectivity index (χ0n) is 12.6. The van der Waals surface area contributed by atoms with Crippen LogP contribution >= 0.6 is 11.6 Å². The van der Waals surface area contributed by atoms with Gasteiger partial charge < -0.3 is 5.73 Å². The second-order valence-electron chi connectivity index (χ2n) is 6.85. The van der Waals surface area contributed by atoms with Crippen molar-refractivity contribution in [1.82, 2.24) is 0 Å². The van der Waals surface area contributed by atoms with E-state index in [1.54, 1.807) is 12.1 Å². The number of hydrogen-bond donors (Lipinski definition) is 1. The monoisotopic (exact) mass is 297 g/mol. The molecule has 1 fully saturated rings. The number of hydrogen-bond acceptors (Lipinski definition) is 1. The van der Waals surface area contributed by atoms with Crippen molar-refractivity contribution in [1.29, 1.82) is 0 Å². The summed E-state index contributed by atoms with van der Waals surface area (Å²) >= 11 is 6.18. The quantitative estimate of drug-likeness (QED) is 0.851. The molecule has 0 radical (unpaired) electrons. The highest BCUT2D eigenvalue weighted by molar-refractivity contribution is 6.31. The molecule has 0 bridgehead atoms. The van der Waals surface area contributed by atoms with E-state index in [4.69, 9.17) is 17.3 Å². The highest BCUT2D eigenvalue weighted by Gasteiger charge is 2.41. The Bertz CT molecular complexity index is 454. The second kappa shape index (κ2) is 6.03. The maximum absolute atomic E-state index is 14.1. The molecule has 0 spiro atoms. The van der Waals surface area contributed by atoms with Crippen LogP contribution < -0.4 is 5.73 Å². The SMILES string of the molecule is CC1CCC(C(C)C)C(N)(Cc2c(F)cccc2Cl)C1. The predicted molar refractivity (Wildman–Crippen MR) is 83.4 cm³/mol. The number of halogens is 2. The van der Waals surface area contributed by atoms with Gasteiger partial charge in [0.1, 0.15) is 5.82 Å². The van der Waals surface area contributed by atoms with Crippen molar-refractivity contribution >= 4 is 11.6 Å². The molecule has 2 rings (SSSR count). The van der Waals surface area contributed by atoms with E-state index in [2.05, 4.69) is 20.8 Å². The molecule has 3 heteroatoms. The maximum Gasteiger partial charge on any atom is 0.127 e. The summed E-state index contributed by atoms with van der Waals surface area (Å²) < 4.78 is 14.1. The minimum Gasteiger partial charge on any atom is -0.325 e. The van der Waals surface area contributed by atoms with Gasteiger partial charge in [0.2, 0.25) is 0 Å². The van der Waals surface area contributed by atoms with E-state index < -0.39 is 0 Å². The van der Waals surface area contributed by atoms with Gasteiger partial charge in [0.05, 0.1) is 0 Å². The third-order valence-corrected chi connectivity index (χ3v) is 5.16. The lowest BCUT2D eigenvalue weighted by molar-refractivity contribution is 0.108. The van der Waals surface area contributed by atoms with Crippen LogP contribution in [-0.4, -0.2) is 5.54 Å². The fourth-order valence-electron chi connectivity index (χ4n) is 3.88. The molecule has 1 aliphatic rings. The molecule has 1 aliphatic carbocycles. The van der Waals surface area contributed by atoms with Crippen LogP contribution in [0, 0.1) is 23.6 Å². The van der Waals surface area contributed by atoms with Gasteiger partial charge in [-0.1, -0.05) is 44.9 Å². The van der Waals surface area contributed by atoms with Crippen LogP contribution in [0.15, 0.2) is 18.2 Å². The smallest absolute Gasteiger partial charge is 0.127 e. The maximum atomic E-state index is 14.1. The first-order chi connectivity index (χ1) is 9.33. The zero-order valence-corrected chi connectivity index (χ0v) is 13.4. The Labute approximate surface area is 126 Å². The summed E-state index contributed by atoms with van der Waals surface area (Å²) in [5.41, 5.74) is 6.97.